The summed E-state index contributed by atoms with van der Waals surface area (Å²) in [6, 6.07) is 10.8. The number of esters is 1. The predicted molar refractivity (Wildman–Crippen MR) is 76.9 cm³/mol. The summed E-state index contributed by atoms with van der Waals surface area (Å²) in [5.41, 5.74) is 1.27. The van der Waals surface area contributed by atoms with E-state index in [1.807, 2.05) is 19.1 Å². The monoisotopic (exact) mass is 286 g/mol. The van der Waals surface area contributed by atoms with Gasteiger partial charge in [-0.25, -0.2) is 4.79 Å². The molecule has 0 N–H and O–H groups in total. The van der Waals surface area contributed by atoms with Crippen molar-refractivity contribution in [2.24, 2.45) is 0 Å². The molecule has 3 nitrogen and oxygen atoms in total. The Bertz CT molecular complexity index is 720. The molecule has 2 aromatic rings. The fourth-order valence-corrected chi connectivity index (χ4v) is 2.06. The Hall–Kier alpha value is -2.26. The molecule has 20 heavy (non-hydrogen) atoms. The van der Waals surface area contributed by atoms with Crippen LogP contribution in [0.4, 0.5) is 0 Å². The minimum absolute atomic E-state index is 0.385. The van der Waals surface area contributed by atoms with E-state index < -0.39 is 0 Å². The van der Waals surface area contributed by atoms with Crippen molar-refractivity contribution in [2.45, 2.75) is 6.92 Å². The molecule has 0 radical (unpaired) electrons. The number of carbonyl (C=O) groups excluding carboxylic acids is 1. The molecule has 0 unspecified atom stereocenters. The van der Waals surface area contributed by atoms with E-state index in [0.29, 0.717) is 22.1 Å². The summed E-state index contributed by atoms with van der Waals surface area (Å²) in [6.07, 6.45) is 3.36. The van der Waals surface area contributed by atoms with Gasteiger partial charge in [0.2, 0.25) is 0 Å². The first kappa shape index (κ1) is 12.8. The average molecular weight is 287 g/mol. The van der Waals surface area contributed by atoms with Crippen LogP contribution in [-0.2, 0) is 9.53 Å². The van der Waals surface area contributed by atoms with Gasteiger partial charge in [0.1, 0.15) is 17.3 Å². The van der Waals surface area contributed by atoms with E-state index in [0.717, 1.165) is 11.3 Å². The molecule has 2 heterocycles. The third kappa shape index (κ3) is 2.53. The maximum atomic E-state index is 11.8. The molecule has 4 heteroatoms. The van der Waals surface area contributed by atoms with Gasteiger partial charge in [-0.05, 0) is 55.5 Å². The van der Waals surface area contributed by atoms with E-state index in [-0.39, 0.29) is 5.97 Å². The van der Waals surface area contributed by atoms with Crippen molar-refractivity contribution >= 4 is 29.4 Å². The van der Waals surface area contributed by atoms with Gasteiger partial charge >= 0.3 is 5.97 Å². The first-order chi connectivity index (χ1) is 9.61. The zero-order valence-electron chi connectivity index (χ0n) is 10.7. The fraction of sp³-hybridized carbons (Fsp3) is 0.0625. The van der Waals surface area contributed by atoms with Gasteiger partial charge in [0.05, 0.1) is 5.57 Å². The normalized spacial score (nSPS) is 16.4. The van der Waals surface area contributed by atoms with Gasteiger partial charge in [-0.1, -0.05) is 11.6 Å². The predicted octanol–water partition coefficient (Wildman–Crippen LogP) is 4.22. The van der Waals surface area contributed by atoms with Crippen LogP contribution >= 0.6 is 11.6 Å². The van der Waals surface area contributed by atoms with Crippen molar-refractivity contribution in [3.63, 3.8) is 0 Å². The number of hydrogen-bond donors (Lipinski definition) is 0. The minimum Gasteiger partial charge on any atom is -0.462 e. The molecule has 0 amide bonds. The number of cyclic esters (lactones) is 1. The molecule has 0 atom stereocenters. The second-order valence-corrected chi connectivity index (χ2v) is 4.89. The number of aryl methyl sites for hydroxylation is 1. The third-order valence-corrected chi connectivity index (χ3v) is 3.16. The summed E-state index contributed by atoms with van der Waals surface area (Å²) < 4.78 is 10.7. The molecule has 0 spiro atoms. The van der Waals surface area contributed by atoms with Crippen molar-refractivity contribution in [3.8, 4) is 0 Å². The van der Waals surface area contributed by atoms with Crippen LogP contribution in [0.5, 0.6) is 0 Å². The number of ether oxygens (including phenoxy) is 1. The van der Waals surface area contributed by atoms with Crippen LogP contribution in [-0.4, -0.2) is 5.97 Å². The Balaban J connectivity index is 1.92. The summed E-state index contributed by atoms with van der Waals surface area (Å²) in [5.74, 6) is 1.55. The molecule has 1 aliphatic rings. The zero-order chi connectivity index (χ0) is 14.1. The number of rotatable bonds is 2. The van der Waals surface area contributed by atoms with Crippen molar-refractivity contribution in [1.29, 1.82) is 0 Å². The number of halogens is 1. The molecule has 0 aliphatic carbocycles. The first-order valence-corrected chi connectivity index (χ1v) is 6.47. The molecule has 1 aromatic carbocycles. The molecule has 0 bridgehead atoms. The van der Waals surface area contributed by atoms with Crippen molar-refractivity contribution in [1.82, 2.24) is 0 Å². The molecule has 0 saturated heterocycles. The highest BCUT2D eigenvalue weighted by Gasteiger charge is 2.22. The lowest BCUT2D eigenvalue weighted by atomic mass is 10.1. The van der Waals surface area contributed by atoms with Crippen LogP contribution in [0.25, 0.3) is 11.8 Å². The molecule has 1 aromatic heterocycles. The van der Waals surface area contributed by atoms with Crippen LogP contribution in [0.3, 0.4) is 0 Å². The summed E-state index contributed by atoms with van der Waals surface area (Å²) in [6.45, 7) is 1.85. The van der Waals surface area contributed by atoms with Crippen molar-refractivity contribution < 1.29 is 13.9 Å². The van der Waals surface area contributed by atoms with Gasteiger partial charge in [0.25, 0.3) is 0 Å². The van der Waals surface area contributed by atoms with Gasteiger partial charge in [0, 0.05) is 10.6 Å². The number of furan rings is 1. The highest BCUT2D eigenvalue weighted by Crippen LogP contribution is 2.28. The smallest absolute Gasteiger partial charge is 0.343 e. The quantitative estimate of drug-likeness (QED) is 0.613. The first-order valence-electron chi connectivity index (χ1n) is 6.10. The van der Waals surface area contributed by atoms with Gasteiger partial charge in [-0.3, -0.25) is 0 Å². The van der Waals surface area contributed by atoms with Crippen LogP contribution < -0.4 is 0 Å². The van der Waals surface area contributed by atoms with Gasteiger partial charge in [-0.2, -0.15) is 0 Å². The third-order valence-electron chi connectivity index (χ3n) is 2.91. The standard InChI is InChI=1S/C16H11ClO3/c1-10-2-7-14(19-10)8-12-9-15(20-16(12)18)11-3-5-13(17)6-4-11/h2-9H,1H3. The van der Waals surface area contributed by atoms with Crippen LogP contribution in [0, 0.1) is 6.92 Å². The fourth-order valence-electron chi connectivity index (χ4n) is 1.93. The second kappa shape index (κ2) is 5.02. The topological polar surface area (TPSA) is 39.4 Å². The largest absolute Gasteiger partial charge is 0.462 e. The summed E-state index contributed by atoms with van der Waals surface area (Å²) >= 11 is 5.83. The van der Waals surface area contributed by atoms with Crippen LogP contribution in [0.15, 0.2) is 52.5 Å². The molecule has 1 aliphatic heterocycles. The van der Waals surface area contributed by atoms with Gasteiger partial charge < -0.3 is 9.15 Å². The van der Waals surface area contributed by atoms with E-state index >= 15 is 0 Å². The maximum Gasteiger partial charge on any atom is 0.343 e. The molecular formula is C16H11ClO3. The Morgan fingerprint density at radius 3 is 2.50 bits per heavy atom. The van der Waals surface area contributed by atoms with E-state index in [2.05, 4.69) is 0 Å². The van der Waals surface area contributed by atoms with Crippen molar-refractivity contribution in [2.75, 3.05) is 0 Å². The number of hydrogen-bond acceptors (Lipinski definition) is 3. The lowest BCUT2D eigenvalue weighted by molar-refractivity contribution is -0.130. The Kier molecular flexibility index (Phi) is 3.20. The highest BCUT2D eigenvalue weighted by molar-refractivity contribution is 6.30. The molecular weight excluding hydrogens is 276 g/mol. The SMILES string of the molecule is Cc1ccc(C=C2C=C(c3ccc(Cl)cc3)OC2=O)o1. The molecule has 0 saturated carbocycles. The minimum atomic E-state index is -0.385. The van der Waals surface area contributed by atoms with Crippen molar-refractivity contribution in [3.05, 3.63) is 70.2 Å². The van der Waals surface area contributed by atoms with Gasteiger partial charge in [0.15, 0.2) is 0 Å². The van der Waals surface area contributed by atoms with E-state index in [1.54, 1.807) is 36.4 Å². The van der Waals surface area contributed by atoms with Crippen LogP contribution in [0.2, 0.25) is 5.02 Å². The average Bonchev–Trinajstić information content (AvgIpc) is 2.98. The maximum absolute atomic E-state index is 11.8. The second-order valence-electron chi connectivity index (χ2n) is 4.45. The summed E-state index contributed by atoms with van der Waals surface area (Å²) in [4.78, 5) is 11.8. The number of benzene rings is 1. The van der Waals surface area contributed by atoms with Gasteiger partial charge in [-0.15, -0.1) is 0 Å². The molecule has 3 rings (SSSR count). The zero-order valence-corrected chi connectivity index (χ0v) is 11.5. The summed E-state index contributed by atoms with van der Waals surface area (Å²) in [7, 11) is 0. The number of carbonyl (C=O) groups is 1. The Morgan fingerprint density at radius 1 is 1.10 bits per heavy atom. The van der Waals surface area contributed by atoms with E-state index in [1.165, 1.54) is 0 Å². The molecule has 100 valence electrons. The lowest BCUT2D eigenvalue weighted by Gasteiger charge is -2.00. The van der Waals surface area contributed by atoms with E-state index in [9.17, 15) is 4.79 Å². The molecule has 0 fully saturated rings. The summed E-state index contributed by atoms with van der Waals surface area (Å²) in [5, 5.41) is 0.639. The Labute approximate surface area is 121 Å². The van der Waals surface area contributed by atoms with E-state index in [4.69, 9.17) is 20.8 Å². The van der Waals surface area contributed by atoms with Crippen LogP contribution in [0.1, 0.15) is 17.1 Å². The highest BCUT2D eigenvalue weighted by atomic mass is 35.5. The lowest BCUT2D eigenvalue weighted by Crippen LogP contribution is -1.96. The Morgan fingerprint density at radius 2 is 1.85 bits per heavy atom.